The van der Waals surface area contributed by atoms with E-state index in [1.807, 2.05) is 18.3 Å². The van der Waals surface area contributed by atoms with E-state index in [0.717, 1.165) is 12.2 Å². The molecule has 0 spiro atoms. The van der Waals surface area contributed by atoms with E-state index in [4.69, 9.17) is 0 Å². The predicted molar refractivity (Wildman–Crippen MR) is 53.8 cm³/mol. The molecule has 13 heavy (non-hydrogen) atoms. The minimum absolute atomic E-state index is 0.639. The third-order valence-electron chi connectivity index (χ3n) is 2.38. The Hall–Kier alpha value is -1.09. The molecule has 2 heterocycles. The number of hydrogen-bond acceptors (Lipinski definition) is 3. The van der Waals surface area contributed by atoms with E-state index in [1.54, 1.807) is 6.20 Å². The molecule has 0 unspecified atom stereocenters. The first-order valence-corrected chi connectivity index (χ1v) is 4.82. The first-order valence-electron chi connectivity index (χ1n) is 4.82. The normalized spacial score (nSPS) is 21.7. The Labute approximate surface area is 78.6 Å². The molecule has 3 heteroatoms. The molecule has 1 aliphatic rings. The number of nitrogens with one attached hydrogen (secondary N) is 2. The van der Waals surface area contributed by atoms with Crippen molar-refractivity contribution < 1.29 is 0 Å². The average Bonchev–Trinajstić information content (AvgIpc) is 2.69. The predicted octanol–water partition coefficient (Wildman–Crippen LogP) is 1.25. The van der Waals surface area contributed by atoms with E-state index >= 15 is 0 Å². The van der Waals surface area contributed by atoms with Crippen molar-refractivity contribution in [3.63, 3.8) is 0 Å². The summed E-state index contributed by atoms with van der Waals surface area (Å²) < 4.78 is 0. The molecule has 1 aromatic heterocycles. The molecule has 2 rings (SSSR count). The van der Waals surface area contributed by atoms with Gasteiger partial charge in [0.05, 0.1) is 5.69 Å². The van der Waals surface area contributed by atoms with Gasteiger partial charge in [0.15, 0.2) is 0 Å². The fraction of sp³-hybridized carbons (Fsp3) is 0.500. The molecule has 0 saturated carbocycles. The van der Waals surface area contributed by atoms with Crippen LogP contribution in [0.15, 0.2) is 24.5 Å². The lowest BCUT2D eigenvalue weighted by molar-refractivity contribution is 0.633. The second kappa shape index (κ2) is 4.23. The number of pyridine rings is 1. The lowest BCUT2D eigenvalue weighted by Gasteiger charge is -2.11. The lowest BCUT2D eigenvalue weighted by Crippen LogP contribution is -2.29. The Morgan fingerprint density at radius 2 is 2.62 bits per heavy atom. The van der Waals surface area contributed by atoms with Gasteiger partial charge in [0.25, 0.3) is 0 Å². The van der Waals surface area contributed by atoms with Gasteiger partial charge in [0, 0.05) is 25.0 Å². The monoisotopic (exact) mass is 177 g/mol. The number of rotatable bonds is 3. The summed E-state index contributed by atoms with van der Waals surface area (Å²) in [6.07, 6.45) is 6.24. The first kappa shape index (κ1) is 8.51. The number of aromatic nitrogens is 1. The summed E-state index contributed by atoms with van der Waals surface area (Å²) in [6, 6.07) is 4.63. The summed E-state index contributed by atoms with van der Waals surface area (Å²) in [5.74, 6) is 0. The van der Waals surface area contributed by atoms with E-state index in [9.17, 15) is 0 Å². The molecule has 1 fully saturated rings. The molecule has 3 nitrogen and oxygen atoms in total. The van der Waals surface area contributed by atoms with Gasteiger partial charge < -0.3 is 10.6 Å². The van der Waals surface area contributed by atoms with Crippen LogP contribution in [0.5, 0.6) is 0 Å². The van der Waals surface area contributed by atoms with Crippen LogP contribution in [0.2, 0.25) is 0 Å². The highest BCUT2D eigenvalue weighted by Gasteiger charge is 2.12. The third-order valence-corrected chi connectivity index (χ3v) is 2.38. The van der Waals surface area contributed by atoms with E-state index in [0.29, 0.717) is 6.04 Å². The van der Waals surface area contributed by atoms with Crippen molar-refractivity contribution in [3.05, 3.63) is 24.5 Å². The van der Waals surface area contributed by atoms with Crippen LogP contribution in [0.25, 0.3) is 0 Å². The van der Waals surface area contributed by atoms with Crippen LogP contribution < -0.4 is 10.6 Å². The Kier molecular flexibility index (Phi) is 2.77. The van der Waals surface area contributed by atoms with Gasteiger partial charge in [-0.05, 0) is 31.5 Å². The molecule has 1 atom stereocenters. The zero-order chi connectivity index (χ0) is 8.93. The van der Waals surface area contributed by atoms with Crippen molar-refractivity contribution in [2.45, 2.75) is 18.9 Å². The molecule has 1 aliphatic heterocycles. The Balaban J connectivity index is 1.79. The highest BCUT2D eigenvalue weighted by molar-refractivity contribution is 5.39. The zero-order valence-electron chi connectivity index (χ0n) is 7.66. The molecule has 0 amide bonds. The van der Waals surface area contributed by atoms with Crippen molar-refractivity contribution in [1.29, 1.82) is 0 Å². The van der Waals surface area contributed by atoms with Gasteiger partial charge >= 0.3 is 0 Å². The minimum atomic E-state index is 0.639. The molecule has 0 radical (unpaired) electrons. The van der Waals surface area contributed by atoms with Gasteiger partial charge in [-0.3, -0.25) is 4.98 Å². The van der Waals surface area contributed by atoms with Crippen molar-refractivity contribution in [1.82, 2.24) is 10.3 Å². The molecule has 0 aliphatic carbocycles. The van der Waals surface area contributed by atoms with Gasteiger partial charge in [0.1, 0.15) is 0 Å². The smallest absolute Gasteiger partial charge is 0.0527 e. The van der Waals surface area contributed by atoms with Crippen LogP contribution in [0.3, 0.4) is 0 Å². The quantitative estimate of drug-likeness (QED) is 0.729. The van der Waals surface area contributed by atoms with E-state index in [2.05, 4.69) is 15.6 Å². The van der Waals surface area contributed by atoms with E-state index < -0.39 is 0 Å². The Bertz CT molecular complexity index is 242. The molecular weight excluding hydrogens is 162 g/mol. The molecule has 1 aromatic rings. The molecule has 0 aromatic carbocycles. The number of nitrogens with zero attached hydrogens (tertiary/aromatic N) is 1. The fourth-order valence-corrected chi connectivity index (χ4v) is 1.64. The molecule has 70 valence electrons. The highest BCUT2D eigenvalue weighted by atomic mass is 15.0. The van der Waals surface area contributed by atoms with E-state index in [1.165, 1.54) is 19.4 Å². The van der Waals surface area contributed by atoms with Crippen LogP contribution in [0, 0.1) is 0 Å². The second-order valence-electron chi connectivity index (χ2n) is 3.42. The van der Waals surface area contributed by atoms with Crippen LogP contribution in [0.1, 0.15) is 12.8 Å². The summed E-state index contributed by atoms with van der Waals surface area (Å²) >= 11 is 0. The summed E-state index contributed by atoms with van der Waals surface area (Å²) in [5, 5.41) is 6.81. The van der Waals surface area contributed by atoms with Crippen LogP contribution >= 0.6 is 0 Å². The summed E-state index contributed by atoms with van der Waals surface area (Å²) in [5.41, 5.74) is 1.11. The first-order chi connectivity index (χ1) is 6.45. The van der Waals surface area contributed by atoms with Gasteiger partial charge in [-0.1, -0.05) is 0 Å². The largest absolute Gasteiger partial charge is 0.382 e. The van der Waals surface area contributed by atoms with Crippen molar-refractivity contribution in [3.8, 4) is 0 Å². The molecule has 0 bridgehead atoms. The SMILES string of the molecule is c1cncc(NC[C@@H]2CCCN2)c1. The lowest BCUT2D eigenvalue weighted by atomic mass is 10.2. The van der Waals surface area contributed by atoms with Crippen LogP contribution in [-0.4, -0.2) is 24.1 Å². The topological polar surface area (TPSA) is 37.0 Å². The van der Waals surface area contributed by atoms with Crippen molar-refractivity contribution in [2.75, 3.05) is 18.4 Å². The fourth-order valence-electron chi connectivity index (χ4n) is 1.64. The van der Waals surface area contributed by atoms with Crippen LogP contribution in [-0.2, 0) is 0 Å². The minimum Gasteiger partial charge on any atom is -0.382 e. The second-order valence-corrected chi connectivity index (χ2v) is 3.42. The summed E-state index contributed by atoms with van der Waals surface area (Å²) in [7, 11) is 0. The molecular formula is C10H15N3. The van der Waals surface area contributed by atoms with Gasteiger partial charge in [-0.25, -0.2) is 0 Å². The van der Waals surface area contributed by atoms with Gasteiger partial charge in [-0.15, -0.1) is 0 Å². The zero-order valence-corrected chi connectivity index (χ0v) is 7.66. The molecule has 2 N–H and O–H groups in total. The Morgan fingerprint density at radius 1 is 1.62 bits per heavy atom. The van der Waals surface area contributed by atoms with Crippen LogP contribution in [0.4, 0.5) is 5.69 Å². The highest BCUT2D eigenvalue weighted by Crippen LogP contribution is 2.07. The average molecular weight is 177 g/mol. The standard InChI is InChI=1S/C10H15N3/c1-3-9(7-11-5-1)13-8-10-4-2-6-12-10/h1,3,5,7,10,12-13H,2,4,6,8H2/t10-/m0/s1. The maximum Gasteiger partial charge on any atom is 0.0527 e. The van der Waals surface area contributed by atoms with Crippen molar-refractivity contribution in [2.24, 2.45) is 0 Å². The summed E-state index contributed by atoms with van der Waals surface area (Å²) in [6.45, 7) is 2.17. The van der Waals surface area contributed by atoms with Gasteiger partial charge in [0.2, 0.25) is 0 Å². The Morgan fingerprint density at radius 3 is 3.31 bits per heavy atom. The summed E-state index contributed by atoms with van der Waals surface area (Å²) in [4.78, 5) is 4.05. The van der Waals surface area contributed by atoms with Gasteiger partial charge in [-0.2, -0.15) is 0 Å². The number of hydrogen-bond donors (Lipinski definition) is 2. The maximum absolute atomic E-state index is 4.05. The van der Waals surface area contributed by atoms with Crippen molar-refractivity contribution >= 4 is 5.69 Å². The van der Waals surface area contributed by atoms with E-state index in [-0.39, 0.29) is 0 Å². The number of anilines is 1. The third kappa shape index (κ3) is 2.42. The molecule has 1 saturated heterocycles. The maximum atomic E-state index is 4.05.